The lowest BCUT2D eigenvalue weighted by molar-refractivity contribution is 0.197. The summed E-state index contributed by atoms with van der Waals surface area (Å²) >= 11 is 0. The summed E-state index contributed by atoms with van der Waals surface area (Å²) in [6, 6.07) is 8.48. The summed E-state index contributed by atoms with van der Waals surface area (Å²) in [5.41, 5.74) is 0. The van der Waals surface area contributed by atoms with Gasteiger partial charge in [0, 0.05) is 6.04 Å². The van der Waals surface area contributed by atoms with Crippen LogP contribution in [-0.4, -0.2) is 25.8 Å². The predicted octanol–water partition coefficient (Wildman–Crippen LogP) is 2.99. The van der Waals surface area contributed by atoms with Gasteiger partial charge in [0.05, 0.1) is 7.11 Å². The molecule has 2 atom stereocenters. The summed E-state index contributed by atoms with van der Waals surface area (Å²) in [5, 5.41) is 3.56. The Balaban J connectivity index is 1.87. The second kappa shape index (κ2) is 6.64. The van der Waals surface area contributed by atoms with Gasteiger partial charge < -0.3 is 14.8 Å². The van der Waals surface area contributed by atoms with Crippen LogP contribution >= 0.6 is 0 Å². The maximum absolute atomic E-state index is 6.04. The van der Waals surface area contributed by atoms with Crippen molar-refractivity contribution in [3.05, 3.63) is 24.3 Å². The fourth-order valence-corrected chi connectivity index (χ4v) is 2.48. The van der Waals surface area contributed by atoms with Gasteiger partial charge in [0.15, 0.2) is 11.5 Å². The van der Waals surface area contributed by atoms with E-state index < -0.39 is 0 Å². The summed E-state index contributed by atoms with van der Waals surface area (Å²) in [4.78, 5) is 0. The van der Waals surface area contributed by atoms with Crippen molar-refractivity contribution in [3.8, 4) is 11.5 Å². The van der Waals surface area contributed by atoms with Crippen LogP contribution in [-0.2, 0) is 0 Å². The molecule has 2 rings (SSSR count). The topological polar surface area (TPSA) is 30.5 Å². The molecular formula is C15H23NO2. The Morgan fingerprint density at radius 1 is 1.22 bits per heavy atom. The lowest BCUT2D eigenvalue weighted by atomic mass is 10.2. The van der Waals surface area contributed by atoms with Gasteiger partial charge in [0.25, 0.3) is 0 Å². The van der Waals surface area contributed by atoms with Gasteiger partial charge in [-0.3, -0.25) is 0 Å². The van der Waals surface area contributed by atoms with Crippen LogP contribution in [0.3, 0.4) is 0 Å². The Labute approximate surface area is 109 Å². The number of para-hydroxylation sites is 2. The lowest BCUT2D eigenvalue weighted by Crippen LogP contribution is -2.28. The van der Waals surface area contributed by atoms with Crippen LogP contribution < -0.4 is 14.8 Å². The second-order valence-electron chi connectivity index (χ2n) is 4.85. The van der Waals surface area contributed by atoms with Crippen molar-refractivity contribution in [2.24, 2.45) is 0 Å². The van der Waals surface area contributed by atoms with Crippen LogP contribution in [0.25, 0.3) is 0 Å². The SMILES string of the molecule is CCCNC1CCC(Oc2ccccc2OC)C1. The Hall–Kier alpha value is -1.22. The highest BCUT2D eigenvalue weighted by atomic mass is 16.5. The van der Waals surface area contributed by atoms with Crippen LogP contribution in [0.4, 0.5) is 0 Å². The van der Waals surface area contributed by atoms with Gasteiger partial charge in [-0.15, -0.1) is 0 Å². The zero-order valence-electron chi connectivity index (χ0n) is 11.3. The molecule has 1 aromatic rings. The Bertz CT molecular complexity index is 367. The van der Waals surface area contributed by atoms with Gasteiger partial charge in [-0.25, -0.2) is 0 Å². The largest absolute Gasteiger partial charge is 0.493 e. The summed E-state index contributed by atoms with van der Waals surface area (Å²) in [5.74, 6) is 1.68. The average Bonchev–Trinajstić information content (AvgIpc) is 2.84. The van der Waals surface area contributed by atoms with Gasteiger partial charge in [0.2, 0.25) is 0 Å². The molecule has 2 unspecified atom stereocenters. The van der Waals surface area contributed by atoms with E-state index in [4.69, 9.17) is 9.47 Å². The second-order valence-corrected chi connectivity index (χ2v) is 4.85. The highest BCUT2D eigenvalue weighted by Gasteiger charge is 2.26. The lowest BCUT2D eigenvalue weighted by Gasteiger charge is -2.16. The molecule has 0 bridgehead atoms. The highest BCUT2D eigenvalue weighted by molar-refractivity contribution is 5.39. The zero-order valence-corrected chi connectivity index (χ0v) is 11.3. The van der Waals surface area contributed by atoms with E-state index in [2.05, 4.69) is 12.2 Å². The van der Waals surface area contributed by atoms with Crippen molar-refractivity contribution in [1.82, 2.24) is 5.32 Å². The number of ether oxygens (including phenoxy) is 2. The van der Waals surface area contributed by atoms with E-state index in [0.29, 0.717) is 12.1 Å². The number of hydrogen-bond donors (Lipinski definition) is 1. The molecule has 0 aliphatic heterocycles. The molecule has 0 saturated heterocycles. The van der Waals surface area contributed by atoms with Gasteiger partial charge in [-0.1, -0.05) is 19.1 Å². The van der Waals surface area contributed by atoms with Crippen LogP contribution in [0.5, 0.6) is 11.5 Å². The molecule has 0 radical (unpaired) electrons. The van der Waals surface area contributed by atoms with Gasteiger partial charge in [0.1, 0.15) is 6.10 Å². The minimum Gasteiger partial charge on any atom is -0.493 e. The molecule has 1 aliphatic rings. The minimum atomic E-state index is 0.315. The fraction of sp³-hybridized carbons (Fsp3) is 0.600. The Morgan fingerprint density at radius 3 is 2.72 bits per heavy atom. The molecule has 0 spiro atoms. The van der Waals surface area contributed by atoms with E-state index in [9.17, 15) is 0 Å². The summed E-state index contributed by atoms with van der Waals surface area (Å²) in [7, 11) is 1.68. The molecule has 1 N–H and O–H groups in total. The molecule has 0 aromatic heterocycles. The van der Waals surface area contributed by atoms with Crippen LogP contribution in [0.2, 0.25) is 0 Å². The minimum absolute atomic E-state index is 0.315. The maximum atomic E-state index is 6.04. The third-order valence-corrected chi connectivity index (χ3v) is 3.43. The Kier molecular flexibility index (Phi) is 4.88. The normalized spacial score (nSPS) is 23.0. The zero-order chi connectivity index (χ0) is 12.8. The highest BCUT2D eigenvalue weighted by Crippen LogP contribution is 2.31. The van der Waals surface area contributed by atoms with Gasteiger partial charge >= 0.3 is 0 Å². The number of rotatable bonds is 6. The monoisotopic (exact) mass is 249 g/mol. The van der Waals surface area contributed by atoms with Crippen molar-refractivity contribution < 1.29 is 9.47 Å². The molecule has 1 fully saturated rings. The predicted molar refractivity (Wildman–Crippen MR) is 73.3 cm³/mol. The van der Waals surface area contributed by atoms with Gasteiger partial charge in [-0.2, -0.15) is 0 Å². The van der Waals surface area contributed by atoms with Gasteiger partial charge in [-0.05, 0) is 44.4 Å². The van der Waals surface area contributed by atoms with Crippen molar-refractivity contribution >= 4 is 0 Å². The first-order chi connectivity index (χ1) is 8.83. The fourth-order valence-electron chi connectivity index (χ4n) is 2.48. The summed E-state index contributed by atoms with van der Waals surface area (Å²) < 4.78 is 11.3. The molecule has 1 aliphatic carbocycles. The van der Waals surface area contributed by atoms with Crippen LogP contribution in [0.15, 0.2) is 24.3 Å². The van der Waals surface area contributed by atoms with Crippen molar-refractivity contribution in [3.63, 3.8) is 0 Å². The first-order valence-electron chi connectivity index (χ1n) is 6.86. The number of hydrogen-bond acceptors (Lipinski definition) is 3. The quantitative estimate of drug-likeness (QED) is 0.840. The van der Waals surface area contributed by atoms with E-state index in [-0.39, 0.29) is 0 Å². The van der Waals surface area contributed by atoms with E-state index in [1.165, 1.54) is 12.8 Å². The number of nitrogens with one attached hydrogen (secondary N) is 1. The molecule has 100 valence electrons. The van der Waals surface area contributed by atoms with E-state index >= 15 is 0 Å². The Morgan fingerprint density at radius 2 is 2.00 bits per heavy atom. The van der Waals surface area contributed by atoms with Crippen LogP contribution in [0.1, 0.15) is 32.6 Å². The third kappa shape index (κ3) is 3.39. The molecule has 1 aromatic carbocycles. The molecule has 0 heterocycles. The van der Waals surface area contributed by atoms with Crippen molar-refractivity contribution in [1.29, 1.82) is 0 Å². The van der Waals surface area contributed by atoms with E-state index in [1.807, 2.05) is 24.3 Å². The molecule has 3 nitrogen and oxygen atoms in total. The number of methoxy groups -OCH3 is 1. The number of benzene rings is 1. The first kappa shape index (κ1) is 13.2. The van der Waals surface area contributed by atoms with E-state index in [1.54, 1.807) is 7.11 Å². The molecule has 3 heteroatoms. The molecule has 1 saturated carbocycles. The van der Waals surface area contributed by atoms with E-state index in [0.717, 1.165) is 30.9 Å². The first-order valence-corrected chi connectivity index (χ1v) is 6.86. The summed E-state index contributed by atoms with van der Waals surface area (Å²) in [6.45, 7) is 3.30. The molecule has 18 heavy (non-hydrogen) atoms. The maximum Gasteiger partial charge on any atom is 0.161 e. The standard InChI is InChI=1S/C15H23NO2/c1-3-10-16-12-8-9-13(11-12)18-15-7-5-4-6-14(15)17-2/h4-7,12-13,16H,3,8-11H2,1-2H3. The smallest absolute Gasteiger partial charge is 0.161 e. The molecular weight excluding hydrogens is 226 g/mol. The van der Waals surface area contributed by atoms with Crippen molar-refractivity contribution in [2.45, 2.75) is 44.8 Å². The molecule has 0 amide bonds. The third-order valence-electron chi connectivity index (χ3n) is 3.43. The average molecular weight is 249 g/mol. The van der Waals surface area contributed by atoms with Crippen molar-refractivity contribution in [2.75, 3.05) is 13.7 Å². The summed E-state index contributed by atoms with van der Waals surface area (Å²) in [6.07, 6.45) is 4.93. The van der Waals surface area contributed by atoms with Crippen LogP contribution in [0, 0.1) is 0 Å².